The van der Waals surface area contributed by atoms with E-state index < -0.39 is 5.60 Å². The van der Waals surface area contributed by atoms with Crippen molar-refractivity contribution in [3.63, 3.8) is 0 Å². The van der Waals surface area contributed by atoms with E-state index in [0.717, 1.165) is 5.56 Å². The fourth-order valence-corrected chi connectivity index (χ4v) is 3.24. The summed E-state index contributed by atoms with van der Waals surface area (Å²) in [5.74, 6) is 0.651. The molecular formula is C18H23N3O4. The third-order valence-electron chi connectivity index (χ3n) is 4.74. The molecule has 2 heterocycles. The maximum atomic E-state index is 12.9. The Balaban J connectivity index is 1.68. The second-order valence-electron chi connectivity index (χ2n) is 6.54. The van der Waals surface area contributed by atoms with Crippen molar-refractivity contribution in [3.05, 3.63) is 29.8 Å². The molecule has 7 heteroatoms. The first-order valence-electron chi connectivity index (χ1n) is 8.38. The minimum Gasteiger partial charge on any atom is -0.496 e. The number of para-hydroxylation sites is 1. The zero-order valence-electron chi connectivity index (χ0n) is 14.8. The van der Waals surface area contributed by atoms with Crippen LogP contribution < -0.4 is 4.74 Å². The van der Waals surface area contributed by atoms with E-state index in [9.17, 15) is 9.59 Å². The topological polar surface area (TPSA) is 71.4 Å². The molecule has 3 rings (SSSR count). The van der Waals surface area contributed by atoms with Crippen LogP contribution in [0, 0.1) is 0 Å². The van der Waals surface area contributed by atoms with Crippen LogP contribution in [0.15, 0.2) is 29.4 Å². The van der Waals surface area contributed by atoms with E-state index in [1.165, 1.54) is 0 Å². The first-order valence-corrected chi connectivity index (χ1v) is 8.38. The van der Waals surface area contributed by atoms with Crippen molar-refractivity contribution < 1.29 is 19.2 Å². The molecule has 0 aliphatic carbocycles. The molecule has 0 aromatic heterocycles. The molecule has 0 bridgehead atoms. The third-order valence-corrected chi connectivity index (χ3v) is 4.74. The zero-order valence-corrected chi connectivity index (χ0v) is 14.8. The van der Waals surface area contributed by atoms with Gasteiger partial charge in [-0.25, -0.2) is 0 Å². The SMILES string of the molecule is COc1ccccc1C1=NO[C@](C)(C(=O)N2CCN(C(C)=O)CC2)C1. The lowest BCUT2D eigenvalue weighted by Gasteiger charge is -2.37. The quantitative estimate of drug-likeness (QED) is 0.827. The number of hydrogen-bond donors (Lipinski definition) is 0. The summed E-state index contributed by atoms with van der Waals surface area (Å²) in [6, 6.07) is 7.55. The van der Waals surface area contributed by atoms with Crippen LogP contribution in [0.25, 0.3) is 0 Å². The number of nitrogens with zero attached hydrogens (tertiary/aromatic N) is 3. The van der Waals surface area contributed by atoms with Crippen LogP contribution in [0.3, 0.4) is 0 Å². The Bertz CT molecular complexity index is 710. The second-order valence-corrected chi connectivity index (χ2v) is 6.54. The van der Waals surface area contributed by atoms with Gasteiger partial charge in [-0.3, -0.25) is 9.59 Å². The van der Waals surface area contributed by atoms with Crippen LogP contribution in [0.2, 0.25) is 0 Å². The number of benzene rings is 1. The summed E-state index contributed by atoms with van der Waals surface area (Å²) in [6.07, 6.45) is 0.388. The molecule has 0 N–H and O–H groups in total. The maximum Gasteiger partial charge on any atom is 0.269 e. The predicted octanol–water partition coefficient (Wildman–Crippen LogP) is 1.27. The summed E-state index contributed by atoms with van der Waals surface area (Å²) in [4.78, 5) is 33.4. The van der Waals surface area contributed by atoms with E-state index in [1.807, 2.05) is 24.3 Å². The van der Waals surface area contributed by atoms with Crippen molar-refractivity contribution in [1.82, 2.24) is 9.80 Å². The number of amides is 2. The van der Waals surface area contributed by atoms with E-state index in [4.69, 9.17) is 9.57 Å². The van der Waals surface area contributed by atoms with Gasteiger partial charge in [0.25, 0.3) is 5.91 Å². The van der Waals surface area contributed by atoms with Crippen LogP contribution in [0.5, 0.6) is 5.75 Å². The Kier molecular flexibility index (Phi) is 4.65. The van der Waals surface area contributed by atoms with Gasteiger partial charge in [-0.15, -0.1) is 0 Å². The molecule has 0 saturated carbocycles. The summed E-state index contributed by atoms with van der Waals surface area (Å²) in [6.45, 7) is 5.45. The van der Waals surface area contributed by atoms with Gasteiger partial charge in [0.15, 0.2) is 0 Å². The number of carbonyl (C=O) groups excluding carboxylic acids is 2. The fraction of sp³-hybridized carbons (Fsp3) is 0.500. The Morgan fingerprint density at radius 3 is 2.44 bits per heavy atom. The van der Waals surface area contributed by atoms with Gasteiger partial charge in [-0.05, 0) is 19.1 Å². The number of piperazine rings is 1. The zero-order chi connectivity index (χ0) is 18.0. The van der Waals surface area contributed by atoms with Gasteiger partial charge in [-0.2, -0.15) is 0 Å². The van der Waals surface area contributed by atoms with Crippen LogP contribution in [0.4, 0.5) is 0 Å². The number of methoxy groups -OCH3 is 1. The summed E-state index contributed by atoms with van der Waals surface area (Å²) in [5, 5.41) is 4.15. The largest absolute Gasteiger partial charge is 0.496 e. The minimum atomic E-state index is -1.02. The molecule has 1 aromatic carbocycles. The van der Waals surface area contributed by atoms with Crippen molar-refractivity contribution in [3.8, 4) is 5.75 Å². The lowest BCUT2D eigenvalue weighted by Crippen LogP contribution is -2.55. The first kappa shape index (κ1) is 17.3. The van der Waals surface area contributed by atoms with Gasteiger partial charge in [0.2, 0.25) is 11.5 Å². The van der Waals surface area contributed by atoms with Gasteiger partial charge in [0, 0.05) is 45.1 Å². The molecule has 1 aromatic rings. The predicted molar refractivity (Wildman–Crippen MR) is 92.5 cm³/mol. The highest BCUT2D eigenvalue weighted by Gasteiger charge is 2.45. The Morgan fingerprint density at radius 1 is 1.16 bits per heavy atom. The van der Waals surface area contributed by atoms with Gasteiger partial charge in [0.05, 0.1) is 12.8 Å². The van der Waals surface area contributed by atoms with Gasteiger partial charge in [0.1, 0.15) is 5.75 Å². The average molecular weight is 345 g/mol. The molecule has 1 saturated heterocycles. The van der Waals surface area contributed by atoms with Crippen molar-refractivity contribution in [2.24, 2.45) is 5.16 Å². The normalized spacial score (nSPS) is 23.1. The Labute approximate surface area is 147 Å². The van der Waals surface area contributed by atoms with E-state index in [0.29, 0.717) is 44.1 Å². The van der Waals surface area contributed by atoms with E-state index in [1.54, 1.807) is 30.8 Å². The molecule has 2 amide bonds. The average Bonchev–Trinajstić information content (AvgIpc) is 3.04. The van der Waals surface area contributed by atoms with Crippen molar-refractivity contribution in [2.75, 3.05) is 33.3 Å². The highest BCUT2D eigenvalue weighted by atomic mass is 16.7. The molecule has 2 aliphatic rings. The lowest BCUT2D eigenvalue weighted by molar-refractivity contribution is -0.156. The van der Waals surface area contributed by atoms with Crippen molar-refractivity contribution >= 4 is 17.5 Å². The van der Waals surface area contributed by atoms with Gasteiger partial charge in [-0.1, -0.05) is 17.3 Å². The number of carbonyl (C=O) groups is 2. The second kappa shape index (κ2) is 6.74. The molecule has 0 radical (unpaired) electrons. The van der Waals surface area contributed by atoms with Gasteiger partial charge >= 0.3 is 0 Å². The molecule has 2 aliphatic heterocycles. The maximum absolute atomic E-state index is 12.9. The number of rotatable bonds is 3. The van der Waals surface area contributed by atoms with Gasteiger partial charge < -0.3 is 19.4 Å². The summed E-state index contributed by atoms with van der Waals surface area (Å²) in [7, 11) is 1.61. The van der Waals surface area contributed by atoms with Crippen LogP contribution in [0.1, 0.15) is 25.8 Å². The Hall–Kier alpha value is -2.57. The number of oxime groups is 1. The molecule has 0 unspecified atom stereocenters. The third kappa shape index (κ3) is 3.31. The first-order chi connectivity index (χ1) is 11.9. The van der Waals surface area contributed by atoms with Crippen LogP contribution in [-0.4, -0.2) is 66.2 Å². The Morgan fingerprint density at radius 2 is 1.80 bits per heavy atom. The van der Waals surface area contributed by atoms with E-state index >= 15 is 0 Å². The molecule has 134 valence electrons. The van der Waals surface area contributed by atoms with E-state index in [2.05, 4.69) is 5.16 Å². The number of ether oxygens (including phenoxy) is 1. The highest BCUT2D eigenvalue weighted by molar-refractivity contribution is 6.07. The van der Waals surface area contributed by atoms with Crippen molar-refractivity contribution in [1.29, 1.82) is 0 Å². The molecule has 0 spiro atoms. The van der Waals surface area contributed by atoms with Crippen LogP contribution in [-0.2, 0) is 14.4 Å². The van der Waals surface area contributed by atoms with Crippen LogP contribution >= 0.6 is 0 Å². The van der Waals surface area contributed by atoms with Crippen molar-refractivity contribution in [2.45, 2.75) is 25.9 Å². The molecule has 1 atom stereocenters. The molecular weight excluding hydrogens is 322 g/mol. The summed E-state index contributed by atoms with van der Waals surface area (Å²) >= 11 is 0. The summed E-state index contributed by atoms with van der Waals surface area (Å²) < 4.78 is 5.37. The molecule has 1 fully saturated rings. The highest BCUT2D eigenvalue weighted by Crippen LogP contribution is 2.32. The monoisotopic (exact) mass is 345 g/mol. The standard InChI is InChI=1S/C18H23N3O4/c1-13(22)20-8-10-21(11-9-20)17(23)18(2)12-15(19-25-18)14-6-4-5-7-16(14)24-3/h4-7H,8-12H2,1-3H3/t18-/m0/s1. The molecule has 7 nitrogen and oxygen atoms in total. The summed E-state index contributed by atoms with van der Waals surface area (Å²) in [5.41, 5.74) is 0.521. The fourth-order valence-electron chi connectivity index (χ4n) is 3.24. The lowest BCUT2D eigenvalue weighted by atomic mass is 9.94. The number of hydrogen-bond acceptors (Lipinski definition) is 5. The minimum absolute atomic E-state index is 0.0391. The molecule has 25 heavy (non-hydrogen) atoms. The van der Waals surface area contributed by atoms with E-state index in [-0.39, 0.29) is 11.8 Å². The smallest absolute Gasteiger partial charge is 0.269 e.